The lowest BCUT2D eigenvalue weighted by Gasteiger charge is -2.19. The van der Waals surface area contributed by atoms with Crippen LogP contribution in [0.3, 0.4) is 0 Å². The van der Waals surface area contributed by atoms with Crippen LogP contribution in [0, 0.1) is 10.1 Å². The number of nitro groups is 1. The molecule has 0 saturated carbocycles. The van der Waals surface area contributed by atoms with Gasteiger partial charge < -0.3 is 10.2 Å². The van der Waals surface area contributed by atoms with Crippen molar-refractivity contribution in [1.82, 2.24) is 4.72 Å². The summed E-state index contributed by atoms with van der Waals surface area (Å²) in [5.41, 5.74) is 2.67. The van der Waals surface area contributed by atoms with E-state index in [1.165, 1.54) is 30.4 Å². The van der Waals surface area contributed by atoms with Gasteiger partial charge in [-0.25, -0.2) is 13.1 Å². The minimum atomic E-state index is -3.72. The van der Waals surface area contributed by atoms with Gasteiger partial charge in [-0.05, 0) is 43.7 Å². The summed E-state index contributed by atoms with van der Waals surface area (Å²) in [6.07, 6.45) is 1.85. The lowest BCUT2D eigenvalue weighted by Crippen LogP contribution is -2.23. The number of nitrogens with one attached hydrogen (secondary N) is 2. The maximum atomic E-state index is 11.8. The van der Waals surface area contributed by atoms with Crippen molar-refractivity contribution in [1.29, 1.82) is 0 Å². The van der Waals surface area contributed by atoms with Crippen molar-refractivity contribution in [3.8, 4) is 0 Å². The predicted molar refractivity (Wildman–Crippen MR) is 105 cm³/mol. The smallest absolute Gasteiger partial charge is 0.293 e. The van der Waals surface area contributed by atoms with Gasteiger partial charge in [-0.15, -0.1) is 0 Å². The number of nitrogens with zero attached hydrogens (tertiary/aromatic N) is 2. The van der Waals surface area contributed by atoms with Crippen LogP contribution in [-0.2, 0) is 16.4 Å². The summed E-state index contributed by atoms with van der Waals surface area (Å²) >= 11 is 0. The van der Waals surface area contributed by atoms with Crippen LogP contribution in [0.5, 0.6) is 0 Å². The molecular weight excluding hydrogens is 368 g/mol. The van der Waals surface area contributed by atoms with E-state index in [9.17, 15) is 18.5 Å². The van der Waals surface area contributed by atoms with E-state index in [1.807, 2.05) is 12.1 Å². The first-order valence-corrected chi connectivity index (χ1v) is 10.2. The predicted octanol–water partition coefficient (Wildman–Crippen LogP) is 2.37. The third kappa shape index (κ3) is 4.20. The highest BCUT2D eigenvalue weighted by molar-refractivity contribution is 7.89. The van der Waals surface area contributed by atoms with Gasteiger partial charge in [0.1, 0.15) is 5.69 Å². The second-order valence-corrected chi connectivity index (χ2v) is 8.18. The molecule has 1 aliphatic heterocycles. The summed E-state index contributed by atoms with van der Waals surface area (Å²) in [6.45, 7) is 2.39. The average molecular weight is 390 g/mol. The Labute approximate surface area is 158 Å². The molecule has 0 saturated heterocycles. The number of nitro benzene ring substituents is 1. The molecule has 144 valence electrons. The zero-order valence-electron chi connectivity index (χ0n) is 15.0. The fourth-order valence-electron chi connectivity index (χ4n) is 3.23. The molecule has 1 aliphatic rings. The molecule has 8 nitrogen and oxygen atoms in total. The Kier molecular flexibility index (Phi) is 5.62. The number of fused-ring (bicyclic) bond motifs is 1. The molecule has 0 bridgehead atoms. The summed E-state index contributed by atoms with van der Waals surface area (Å²) in [4.78, 5) is 12.9. The molecule has 2 aromatic carbocycles. The van der Waals surface area contributed by atoms with Crippen molar-refractivity contribution >= 4 is 27.1 Å². The summed E-state index contributed by atoms with van der Waals surface area (Å²) in [5, 5.41) is 14.4. The molecule has 2 N–H and O–H groups in total. The van der Waals surface area contributed by atoms with E-state index in [2.05, 4.69) is 27.1 Å². The number of benzene rings is 2. The Bertz CT molecular complexity index is 946. The quantitative estimate of drug-likeness (QED) is 0.407. The van der Waals surface area contributed by atoms with Gasteiger partial charge in [0.15, 0.2) is 0 Å². The number of para-hydroxylation sites is 1. The Hall–Kier alpha value is -2.65. The monoisotopic (exact) mass is 390 g/mol. The third-order valence-corrected chi connectivity index (χ3v) is 6.06. The van der Waals surface area contributed by atoms with Crippen LogP contribution in [-0.4, -0.2) is 40.0 Å². The summed E-state index contributed by atoms with van der Waals surface area (Å²) in [5.74, 6) is 0. The second-order valence-electron chi connectivity index (χ2n) is 6.29. The number of hydrogen-bond acceptors (Lipinski definition) is 6. The minimum absolute atomic E-state index is 0.129. The van der Waals surface area contributed by atoms with Crippen LogP contribution in [0.1, 0.15) is 12.0 Å². The SMILES string of the molecule is CNS(=O)(=O)c1ccc(NCCCN2CCc3ccccc32)c([N+](=O)[O-])c1. The van der Waals surface area contributed by atoms with Gasteiger partial charge in [-0.3, -0.25) is 10.1 Å². The van der Waals surface area contributed by atoms with Crippen LogP contribution in [0.25, 0.3) is 0 Å². The summed E-state index contributed by atoms with van der Waals surface area (Å²) < 4.78 is 25.8. The molecule has 3 rings (SSSR count). The Morgan fingerprint density at radius 1 is 1.22 bits per heavy atom. The Morgan fingerprint density at radius 3 is 2.74 bits per heavy atom. The van der Waals surface area contributed by atoms with E-state index in [0.717, 1.165) is 32.0 Å². The van der Waals surface area contributed by atoms with Crippen molar-refractivity contribution in [2.45, 2.75) is 17.7 Å². The molecule has 27 heavy (non-hydrogen) atoms. The molecule has 0 spiro atoms. The molecule has 1 heterocycles. The lowest BCUT2D eigenvalue weighted by molar-refractivity contribution is -0.384. The second kappa shape index (κ2) is 7.93. The molecule has 0 radical (unpaired) electrons. The van der Waals surface area contributed by atoms with E-state index in [0.29, 0.717) is 12.2 Å². The molecular formula is C18H22N4O4S. The topological polar surface area (TPSA) is 105 Å². The largest absolute Gasteiger partial charge is 0.379 e. The molecule has 0 aromatic heterocycles. The normalized spacial score (nSPS) is 13.4. The molecule has 2 aromatic rings. The van der Waals surface area contributed by atoms with E-state index < -0.39 is 14.9 Å². The first-order valence-electron chi connectivity index (χ1n) is 8.71. The van der Waals surface area contributed by atoms with Crippen molar-refractivity contribution in [2.24, 2.45) is 0 Å². The van der Waals surface area contributed by atoms with Crippen LogP contribution in [0.15, 0.2) is 47.4 Å². The first-order chi connectivity index (χ1) is 12.9. The summed E-state index contributed by atoms with van der Waals surface area (Å²) in [7, 11) is -2.46. The van der Waals surface area contributed by atoms with Gasteiger partial charge in [0.2, 0.25) is 10.0 Å². The van der Waals surface area contributed by atoms with Gasteiger partial charge in [-0.1, -0.05) is 18.2 Å². The lowest BCUT2D eigenvalue weighted by atomic mass is 10.2. The molecule has 9 heteroatoms. The maximum absolute atomic E-state index is 11.8. The highest BCUT2D eigenvalue weighted by Gasteiger charge is 2.21. The maximum Gasteiger partial charge on any atom is 0.293 e. The van der Waals surface area contributed by atoms with Crippen LogP contribution >= 0.6 is 0 Å². The van der Waals surface area contributed by atoms with E-state index >= 15 is 0 Å². The number of sulfonamides is 1. The van der Waals surface area contributed by atoms with Crippen LogP contribution in [0.4, 0.5) is 17.1 Å². The first kappa shape index (κ1) is 19.1. The number of anilines is 2. The van der Waals surface area contributed by atoms with Crippen LogP contribution < -0.4 is 14.9 Å². The van der Waals surface area contributed by atoms with E-state index in [1.54, 1.807) is 0 Å². The van der Waals surface area contributed by atoms with Gasteiger partial charge in [0.25, 0.3) is 5.69 Å². The van der Waals surface area contributed by atoms with Crippen molar-refractivity contribution < 1.29 is 13.3 Å². The highest BCUT2D eigenvalue weighted by Crippen LogP contribution is 2.29. The molecule has 0 aliphatic carbocycles. The Morgan fingerprint density at radius 2 is 2.00 bits per heavy atom. The number of rotatable bonds is 8. The minimum Gasteiger partial charge on any atom is -0.379 e. The zero-order chi connectivity index (χ0) is 19.4. The van der Waals surface area contributed by atoms with Crippen molar-refractivity contribution in [3.63, 3.8) is 0 Å². The van der Waals surface area contributed by atoms with Crippen LogP contribution in [0.2, 0.25) is 0 Å². The molecule has 0 unspecified atom stereocenters. The van der Waals surface area contributed by atoms with Crippen molar-refractivity contribution in [2.75, 3.05) is 36.9 Å². The molecule has 0 fully saturated rings. The molecule has 0 amide bonds. The van der Waals surface area contributed by atoms with E-state index in [-0.39, 0.29) is 10.6 Å². The average Bonchev–Trinajstić information content (AvgIpc) is 3.08. The van der Waals surface area contributed by atoms with Gasteiger partial charge in [0, 0.05) is 31.4 Å². The van der Waals surface area contributed by atoms with Gasteiger partial charge in [0.05, 0.1) is 9.82 Å². The Balaban J connectivity index is 1.62. The zero-order valence-corrected chi connectivity index (χ0v) is 15.8. The van der Waals surface area contributed by atoms with Gasteiger partial charge >= 0.3 is 0 Å². The van der Waals surface area contributed by atoms with E-state index in [4.69, 9.17) is 0 Å². The summed E-state index contributed by atoms with van der Waals surface area (Å²) in [6, 6.07) is 12.2. The standard InChI is InChI=1S/C18H22N4O4S/c1-19-27(25,26)15-7-8-16(18(13-15)22(23)24)20-10-4-11-21-12-9-14-5-2-3-6-17(14)21/h2-3,5-8,13,19-20H,4,9-12H2,1H3. The highest BCUT2D eigenvalue weighted by atomic mass is 32.2. The fraction of sp³-hybridized carbons (Fsp3) is 0.333. The number of hydrogen-bond donors (Lipinski definition) is 2. The van der Waals surface area contributed by atoms with Gasteiger partial charge in [-0.2, -0.15) is 0 Å². The third-order valence-electron chi connectivity index (χ3n) is 4.65. The van der Waals surface area contributed by atoms with Crippen molar-refractivity contribution in [3.05, 3.63) is 58.1 Å². The molecule has 0 atom stereocenters. The fourth-order valence-corrected chi connectivity index (χ4v) is 3.98.